The lowest BCUT2D eigenvalue weighted by Crippen LogP contribution is -2.55. The van der Waals surface area contributed by atoms with Crippen LogP contribution in [0.4, 0.5) is 0 Å². The normalized spacial score (nSPS) is 37.2. The molecule has 0 atom stereocenters. The molecule has 0 aromatic carbocycles. The van der Waals surface area contributed by atoms with Crippen LogP contribution in [0.1, 0.15) is 39.0 Å². The van der Waals surface area contributed by atoms with Gasteiger partial charge in [-0.05, 0) is 44.9 Å². The van der Waals surface area contributed by atoms with Crippen molar-refractivity contribution in [3.8, 4) is 0 Å². The summed E-state index contributed by atoms with van der Waals surface area (Å²) in [7, 11) is 0. The van der Waals surface area contributed by atoms with Crippen molar-refractivity contribution in [2.75, 3.05) is 26.2 Å². The first-order chi connectivity index (χ1) is 7.74. The number of hydrogen-bond acceptors (Lipinski definition) is 2. The summed E-state index contributed by atoms with van der Waals surface area (Å²) in [5.74, 6) is 0.911. The van der Waals surface area contributed by atoms with Gasteiger partial charge in [0.25, 0.3) is 0 Å². The number of nitrogens with zero attached hydrogens (tertiary/aromatic N) is 1. The smallest absolute Gasteiger partial charge is 0.0182 e. The van der Waals surface area contributed by atoms with Crippen LogP contribution in [-0.2, 0) is 0 Å². The summed E-state index contributed by atoms with van der Waals surface area (Å²) in [4.78, 5) is 2.72. The molecule has 2 nitrogen and oxygen atoms in total. The average molecular weight is 222 g/mol. The standard InChI is InChI=1S/C14H26N2/c1-3-4-13-5-7-14(2,8-6-13)16-11-9-15-10-12-16/h3,13,15H,1,4-12H2,2H3. The Hall–Kier alpha value is -0.340. The van der Waals surface area contributed by atoms with Crippen molar-refractivity contribution in [1.82, 2.24) is 10.2 Å². The lowest BCUT2D eigenvalue weighted by molar-refractivity contribution is 0.0411. The van der Waals surface area contributed by atoms with E-state index in [4.69, 9.17) is 0 Å². The molecule has 0 amide bonds. The average Bonchev–Trinajstić information content (AvgIpc) is 2.34. The van der Waals surface area contributed by atoms with Gasteiger partial charge in [0.05, 0.1) is 0 Å². The van der Waals surface area contributed by atoms with Gasteiger partial charge in [-0.3, -0.25) is 4.90 Å². The Kier molecular flexibility index (Phi) is 4.04. The summed E-state index contributed by atoms with van der Waals surface area (Å²) >= 11 is 0. The second-order valence-electron chi connectivity index (χ2n) is 5.70. The van der Waals surface area contributed by atoms with E-state index in [2.05, 4.69) is 29.8 Å². The molecule has 2 fully saturated rings. The van der Waals surface area contributed by atoms with Gasteiger partial charge in [0.2, 0.25) is 0 Å². The van der Waals surface area contributed by atoms with Crippen molar-refractivity contribution >= 4 is 0 Å². The highest BCUT2D eigenvalue weighted by Gasteiger charge is 2.36. The molecule has 0 unspecified atom stereocenters. The molecular weight excluding hydrogens is 196 g/mol. The predicted octanol–water partition coefficient (Wildman–Crippen LogP) is 2.42. The zero-order valence-electron chi connectivity index (χ0n) is 10.7. The number of allylic oxidation sites excluding steroid dienone is 1. The minimum absolute atomic E-state index is 0.486. The number of piperazine rings is 1. The Bertz CT molecular complexity index is 223. The Balaban J connectivity index is 1.87. The van der Waals surface area contributed by atoms with Gasteiger partial charge in [-0.2, -0.15) is 0 Å². The van der Waals surface area contributed by atoms with Crippen LogP contribution in [0, 0.1) is 5.92 Å². The molecule has 92 valence electrons. The SMILES string of the molecule is C=CCC1CCC(C)(N2CCNCC2)CC1. The van der Waals surface area contributed by atoms with Crippen LogP contribution in [0.5, 0.6) is 0 Å². The number of rotatable bonds is 3. The van der Waals surface area contributed by atoms with Crippen LogP contribution in [0.3, 0.4) is 0 Å². The molecule has 2 heteroatoms. The van der Waals surface area contributed by atoms with Crippen molar-refractivity contribution < 1.29 is 0 Å². The van der Waals surface area contributed by atoms with E-state index in [9.17, 15) is 0 Å². The van der Waals surface area contributed by atoms with Crippen molar-refractivity contribution in [2.24, 2.45) is 5.92 Å². The van der Waals surface area contributed by atoms with Gasteiger partial charge < -0.3 is 5.32 Å². The highest BCUT2D eigenvalue weighted by atomic mass is 15.2. The van der Waals surface area contributed by atoms with Crippen molar-refractivity contribution in [2.45, 2.75) is 44.6 Å². The van der Waals surface area contributed by atoms with Crippen molar-refractivity contribution in [3.63, 3.8) is 0 Å². The third-order valence-electron chi connectivity index (χ3n) is 4.56. The molecule has 0 radical (unpaired) electrons. The molecule has 16 heavy (non-hydrogen) atoms. The summed E-state index contributed by atoms with van der Waals surface area (Å²) in [5.41, 5.74) is 0.486. The van der Waals surface area contributed by atoms with Gasteiger partial charge in [0.15, 0.2) is 0 Å². The lowest BCUT2D eigenvalue weighted by atomic mass is 9.75. The van der Waals surface area contributed by atoms with E-state index in [1.807, 2.05) is 0 Å². The van der Waals surface area contributed by atoms with Crippen LogP contribution < -0.4 is 5.32 Å². The highest BCUT2D eigenvalue weighted by molar-refractivity contribution is 4.93. The molecule has 1 aliphatic heterocycles. The maximum Gasteiger partial charge on any atom is 0.0182 e. The molecule has 2 rings (SSSR count). The lowest BCUT2D eigenvalue weighted by Gasteiger charge is -2.47. The van der Waals surface area contributed by atoms with E-state index in [-0.39, 0.29) is 0 Å². The second-order valence-corrected chi connectivity index (χ2v) is 5.70. The van der Waals surface area contributed by atoms with E-state index >= 15 is 0 Å². The number of hydrogen-bond donors (Lipinski definition) is 1. The molecule has 1 saturated carbocycles. The summed E-state index contributed by atoms with van der Waals surface area (Å²) < 4.78 is 0. The Morgan fingerprint density at radius 3 is 2.50 bits per heavy atom. The minimum Gasteiger partial charge on any atom is -0.314 e. The van der Waals surface area contributed by atoms with Crippen molar-refractivity contribution in [3.05, 3.63) is 12.7 Å². The monoisotopic (exact) mass is 222 g/mol. The molecule has 1 heterocycles. The van der Waals surface area contributed by atoms with Crippen LogP contribution in [0.25, 0.3) is 0 Å². The molecule has 0 aromatic heterocycles. The third kappa shape index (κ3) is 2.67. The Labute approximate surface area is 100 Å². The van der Waals surface area contributed by atoms with Crippen LogP contribution >= 0.6 is 0 Å². The zero-order valence-corrected chi connectivity index (χ0v) is 10.7. The summed E-state index contributed by atoms with van der Waals surface area (Å²) in [6.07, 6.45) is 8.87. The van der Waals surface area contributed by atoms with E-state index in [0.717, 1.165) is 5.92 Å². The molecule has 2 aliphatic rings. The third-order valence-corrected chi connectivity index (χ3v) is 4.56. The highest BCUT2D eigenvalue weighted by Crippen LogP contribution is 2.37. The summed E-state index contributed by atoms with van der Waals surface area (Å²) in [5, 5.41) is 3.45. The first kappa shape index (κ1) is 12.1. The minimum atomic E-state index is 0.486. The molecular formula is C14H26N2. The molecule has 1 saturated heterocycles. The quantitative estimate of drug-likeness (QED) is 0.738. The van der Waals surface area contributed by atoms with Gasteiger partial charge in [0, 0.05) is 31.7 Å². The van der Waals surface area contributed by atoms with E-state index in [1.165, 1.54) is 58.3 Å². The maximum atomic E-state index is 3.86. The fraction of sp³-hybridized carbons (Fsp3) is 0.857. The topological polar surface area (TPSA) is 15.3 Å². The zero-order chi connectivity index (χ0) is 11.4. The van der Waals surface area contributed by atoms with Crippen LogP contribution in [0.2, 0.25) is 0 Å². The van der Waals surface area contributed by atoms with Gasteiger partial charge >= 0.3 is 0 Å². The van der Waals surface area contributed by atoms with Gasteiger partial charge in [-0.1, -0.05) is 6.08 Å². The summed E-state index contributed by atoms with van der Waals surface area (Å²) in [6.45, 7) is 11.2. The molecule has 1 N–H and O–H groups in total. The number of nitrogens with one attached hydrogen (secondary N) is 1. The summed E-state index contributed by atoms with van der Waals surface area (Å²) in [6, 6.07) is 0. The second kappa shape index (κ2) is 5.33. The first-order valence-corrected chi connectivity index (χ1v) is 6.81. The van der Waals surface area contributed by atoms with Crippen LogP contribution in [-0.4, -0.2) is 36.6 Å². The van der Waals surface area contributed by atoms with Gasteiger partial charge in [0.1, 0.15) is 0 Å². The maximum absolute atomic E-state index is 3.86. The first-order valence-electron chi connectivity index (χ1n) is 6.81. The molecule has 0 spiro atoms. The Morgan fingerprint density at radius 2 is 1.94 bits per heavy atom. The fourth-order valence-electron chi connectivity index (χ4n) is 3.29. The van der Waals surface area contributed by atoms with E-state index in [1.54, 1.807) is 0 Å². The molecule has 1 aliphatic carbocycles. The predicted molar refractivity (Wildman–Crippen MR) is 69.6 cm³/mol. The van der Waals surface area contributed by atoms with Crippen LogP contribution in [0.15, 0.2) is 12.7 Å². The van der Waals surface area contributed by atoms with E-state index < -0.39 is 0 Å². The molecule has 0 aromatic rings. The van der Waals surface area contributed by atoms with Crippen molar-refractivity contribution in [1.29, 1.82) is 0 Å². The van der Waals surface area contributed by atoms with Gasteiger partial charge in [-0.15, -0.1) is 6.58 Å². The molecule has 0 bridgehead atoms. The fourth-order valence-corrected chi connectivity index (χ4v) is 3.29. The van der Waals surface area contributed by atoms with Gasteiger partial charge in [-0.25, -0.2) is 0 Å². The Morgan fingerprint density at radius 1 is 1.31 bits per heavy atom. The largest absolute Gasteiger partial charge is 0.314 e. The van der Waals surface area contributed by atoms with E-state index in [0.29, 0.717) is 5.54 Å².